The van der Waals surface area contributed by atoms with Gasteiger partial charge in [0.15, 0.2) is 6.04 Å². The van der Waals surface area contributed by atoms with Crippen LogP contribution in [-0.4, -0.2) is 53.9 Å². The van der Waals surface area contributed by atoms with E-state index in [0.717, 1.165) is 0 Å². The lowest BCUT2D eigenvalue weighted by Gasteiger charge is -2.37. The molecule has 2 rings (SSSR count). The molecule has 1 N–H and O–H groups in total. The fourth-order valence-corrected chi connectivity index (χ4v) is 2.97. The molecule has 120 valence electrons. The number of carbonyl (C=O) groups is 2. The lowest BCUT2D eigenvalue weighted by atomic mass is 9.81. The summed E-state index contributed by atoms with van der Waals surface area (Å²) in [7, 11) is 0. The molecular formula is C13H18F3NO4. The van der Waals surface area contributed by atoms with Crippen molar-refractivity contribution in [1.29, 1.82) is 0 Å². The third kappa shape index (κ3) is 3.66. The highest BCUT2D eigenvalue weighted by Crippen LogP contribution is 2.40. The van der Waals surface area contributed by atoms with Gasteiger partial charge in [-0.1, -0.05) is 0 Å². The molecule has 1 saturated carbocycles. The maximum Gasteiger partial charge on any atom is 0.391 e. The van der Waals surface area contributed by atoms with Gasteiger partial charge in [-0.3, -0.25) is 4.79 Å². The first-order valence-corrected chi connectivity index (χ1v) is 6.98. The second kappa shape index (κ2) is 6.21. The molecule has 1 aliphatic carbocycles. The Morgan fingerprint density at radius 1 is 1.14 bits per heavy atom. The van der Waals surface area contributed by atoms with Gasteiger partial charge in [-0.2, -0.15) is 13.2 Å². The Morgan fingerprint density at radius 3 is 2.29 bits per heavy atom. The summed E-state index contributed by atoms with van der Waals surface area (Å²) >= 11 is 0. The lowest BCUT2D eigenvalue weighted by Crippen LogP contribution is -2.54. The topological polar surface area (TPSA) is 66.8 Å². The zero-order valence-electron chi connectivity index (χ0n) is 11.4. The summed E-state index contributed by atoms with van der Waals surface area (Å²) in [4.78, 5) is 24.7. The molecule has 2 fully saturated rings. The third-order valence-corrected chi connectivity index (χ3v) is 4.24. The molecule has 0 bridgehead atoms. The van der Waals surface area contributed by atoms with Gasteiger partial charge < -0.3 is 14.7 Å². The number of ether oxygens (including phenoxy) is 1. The number of morpholine rings is 1. The van der Waals surface area contributed by atoms with Gasteiger partial charge in [-0.15, -0.1) is 0 Å². The van der Waals surface area contributed by atoms with E-state index < -0.39 is 30.0 Å². The van der Waals surface area contributed by atoms with E-state index in [1.165, 1.54) is 4.90 Å². The van der Waals surface area contributed by atoms with Crippen LogP contribution in [-0.2, 0) is 14.3 Å². The summed E-state index contributed by atoms with van der Waals surface area (Å²) in [6, 6.07) is -1.04. The molecular weight excluding hydrogens is 291 g/mol. The van der Waals surface area contributed by atoms with Crippen molar-refractivity contribution in [2.45, 2.75) is 37.9 Å². The highest BCUT2D eigenvalue weighted by molar-refractivity contribution is 5.85. The van der Waals surface area contributed by atoms with Crippen LogP contribution in [0.25, 0.3) is 0 Å². The first-order valence-electron chi connectivity index (χ1n) is 6.98. The monoisotopic (exact) mass is 309 g/mol. The standard InChI is InChI=1S/C13H18F3NO4/c14-13(15,16)9-3-1-8(2-4-9)11(18)17-5-6-21-7-10(17)12(19)20/h8-10H,1-7H2,(H,19,20). The molecule has 2 aliphatic rings. The number of carbonyl (C=O) groups excluding carboxylic acids is 1. The molecule has 1 heterocycles. The minimum Gasteiger partial charge on any atom is -0.480 e. The van der Waals surface area contributed by atoms with Crippen LogP contribution in [0.15, 0.2) is 0 Å². The van der Waals surface area contributed by atoms with E-state index in [0.29, 0.717) is 0 Å². The van der Waals surface area contributed by atoms with Crippen LogP contribution in [0.5, 0.6) is 0 Å². The Morgan fingerprint density at radius 2 is 1.76 bits per heavy atom. The maximum absolute atomic E-state index is 12.6. The number of carboxylic acids is 1. The molecule has 5 nitrogen and oxygen atoms in total. The molecule has 1 atom stereocenters. The molecule has 0 aromatic carbocycles. The molecule has 1 aliphatic heterocycles. The van der Waals surface area contributed by atoms with Gasteiger partial charge in [0.05, 0.1) is 19.1 Å². The maximum atomic E-state index is 12.6. The van der Waals surface area contributed by atoms with Gasteiger partial charge in [-0.05, 0) is 25.7 Å². The van der Waals surface area contributed by atoms with Crippen LogP contribution >= 0.6 is 0 Å². The average molecular weight is 309 g/mol. The number of nitrogens with zero attached hydrogens (tertiary/aromatic N) is 1. The Kier molecular flexibility index (Phi) is 4.75. The van der Waals surface area contributed by atoms with Crippen LogP contribution in [0.4, 0.5) is 13.2 Å². The van der Waals surface area contributed by atoms with E-state index in [1.54, 1.807) is 0 Å². The van der Waals surface area contributed by atoms with Gasteiger partial charge in [-0.25, -0.2) is 4.79 Å². The molecule has 1 unspecified atom stereocenters. The zero-order chi connectivity index (χ0) is 15.6. The Balaban J connectivity index is 1.96. The van der Waals surface area contributed by atoms with Crippen molar-refractivity contribution in [3.8, 4) is 0 Å². The largest absolute Gasteiger partial charge is 0.480 e. The van der Waals surface area contributed by atoms with Crippen molar-refractivity contribution in [1.82, 2.24) is 4.90 Å². The summed E-state index contributed by atoms with van der Waals surface area (Å²) < 4.78 is 42.9. The van der Waals surface area contributed by atoms with E-state index >= 15 is 0 Å². The summed E-state index contributed by atoms with van der Waals surface area (Å²) in [5, 5.41) is 9.08. The van der Waals surface area contributed by atoms with E-state index in [1.807, 2.05) is 0 Å². The van der Waals surface area contributed by atoms with Gasteiger partial charge in [0.25, 0.3) is 0 Å². The number of amides is 1. The highest BCUT2D eigenvalue weighted by atomic mass is 19.4. The molecule has 0 radical (unpaired) electrons. The van der Waals surface area contributed by atoms with Crippen LogP contribution < -0.4 is 0 Å². The third-order valence-electron chi connectivity index (χ3n) is 4.24. The number of hydrogen-bond acceptors (Lipinski definition) is 3. The molecule has 21 heavy (non-hydrogen) atoms. The fraction of sp³-hybridized carbons (Fsp3) is 0.846. The fourth-order valence-electron chi connectivity index (χ4n) is 2.97. The second-order valence-corrected chi connectivity index (χ2v) is 5.55. The number of rotatable bonds is 2. The quantitative estimate of drug-likeness (QED) is 0.842. The van der Waals surface area contributed by atoms with Crippen LogP contribution in [0, 0.1) is 11.8 Å². The molecule has 8 heteroatoms. The van der Waals surface area contributed by atoms with Crippen molar-refractivity contribution < 1.29 is 32.6 Å². The number of alkyl halides is 3. The number of hydrogen-bond donors (Lipinski definition) is 1. The van der Waals surface area contributed by atoms with Crippen molar-refractivity contribution in [2.24, 2.45) is 11.8 Å². The van der Waals surface area contributed by atoms with Gasteiger partial charge in [0, 0.05) is 12.5 Å². The van der Waals surface area contributed by atoms with E-state index in [4.69, 9.17) is 9.84 Å². The van der Waals surface area contributed by atoms with E-state index in [-0.39, 0.29) is 51.3 Å². The van der Waals surface area contributed by atoms with Crippen molar-refractivity contribution in [3.63, 3.8) is 0 Å². The molecule has 0 aromatic heterocycles. The number of aliphatic carboxylic acids is 1. The second-order valence-electron chi connectivity index (χ2n) is 5.55. The van der Waals surface area contributed by atoms with Gasteiger partial charge >= 0.3 is 12.1 Å². The number of halogens is 3. The van der Waals surface area contributed by atoms with E-state index in [9.17, 15) is 22.8 Å². The minimum atomic E-state index is -4.21. The summed E-state index contributed by atoms with van der Waals surface area (Å²) in [5.41, 5.74) is 0. The minimum absolute atomic E-state index is 0.0675. The summed E-state index contributed by atoms with van der Waals surface area (Å²) in [6.07, 6.45) is -4.03. The average Bonchev–Trinajstić information content (AvgIpc) is 2.45. The predicted molar refractivity (Wildman–Crippen MR) is 65.5 cm³/mol. The summed E-state index contributed by atoms with van der Waals surface area (Å²) in [6.45, 7) is 0.362. The zero-order valence-corrected chi connectivity index (χ0v) is 11.4. The van der Waals surface area contributed by atoms with Crippen LogP contribution in [0.2, 0.25) is 0 Å². The first-order chi connectivity index (χ1) is 9.80. The highest BCUT2D eigenvalue weighted by Gasteiger charge is 2.44. The molecule has 1 amide bonds. The Labute approximate surface area is 120 Å². The first kappa shape index (κ1) is 16.1. The van der Waals surface area contributed by atoms with Gasteiger partial charge in [0.2, 0.25) is 5.91 Å². The summed E-state index contributed by atoms with van der Waals surface area (Å²) in [5.74, 6) is -3.36. The van der Waals surface area contributed by atoms with E-state index in [2.05, 4.69) is 0 Å². The smallest absolute Gasteiger partial charge is 0.391 e. The van der Waals surface area contributed by atoms with Gasteiger partial charge in [0.1, 0.15) is 0 Å². The SMILES string of the molecule is O=C(O)C1COCCN1C(=O)C1CCC(C(F)(F)F)CC1. The van der Waals surface area contributed by atoms with Crippen LogP contribution in [0.3, 0.4) is 0 Å². The molecule has 1 saturated heterocycles. The van der Waals surface area contributed by atoms with Crippen molar-refractivity contribution in [2.75, 3.05) is 19.8 Å². The predicted octanol–water partition coefficient (Wildman–Crippen LogP) is 1.67. The van der Waals surface area contributed by atoms with Crippen molar-refractivity contribution >= 4 is 11.9 Å². The van der Waals surface area contributed by atoms with Crippen molar-refractivity contribution in [3.05, 3.63) is 0 Å². The Bertz CT molecular complexity index is 405. The Hall–Kier alpha value is -1.31. The van der Waals surface area contributed by atoms with Crippen LogP contribution in [0.1, 0.15) is 25.7 Å². The normalized spacial score (nSPS) is 31.0. The number of carboxylic acid groups (broad SMARTS) is 1. The lowest BCUT2D eigenvalue weighted by molar-refractivity contribution is -0.186. The molecule has 0 aromatic rings. The molecule has 0 spiro atoms.